The van der Waals surface area contributed by atoms with Crippen molar-refractivity contribution < 1.29 is 9.66 Å². The summed E-state index contributed by atoms with van der Waals surface area (Å²) in [5.74, 6) is 0.286. The Kier molecular flexibility index (Phi) is 4.63. The van der Waals surface area contributed by atoms with Gasteiger partial charge in [0.15, 0.2) is 0 Å². The third-order valence-electron chi connectivity index (χ3n) is 3.20. The fraction of sp³-hybridized carbons (Fsp3) is 0.692. The molecule has 0 spiro atoms. The number of piperidine rings is 1. The first kappa shape index (κ1) is 15.9. The van der Waals surface area contributed by atoms with Crippen LogP contribution in [0.2, 0.25) is 5.15 Å². The fourth-order valence-corrected chi connectivity index (χ4v) is 2.62. The Balaban J connectivity index is 2.10. The molecule has 1 saturated heterocycles. The topological polar surface area (TPSA) is 81.4 Å². The zero-order chi connectivity index (χ0) is 15.6. The molecule has 8 heteroatoms. The number of aromatic nitrogens is 2. The molecule has 1 fully saturated rings. The Bertz CT molecular complexity index is 525. The summed E-state index contributed by atoms with van der Waals surface area (Å²) < 4.78 is 5.94. The van der Waals surface area contributed by atoms with Crippen molar-refractivity contribution in [3.8, 4) is 0 Å². The predicted molar refractivity (Wildman–Crippen MR) is 79.8 cm³/mol. The van der Waals surface area contributed by atoms with E-state index in [1.807, 2.05) is 25.7 Å². The molecule has 0 aromatic carbocycles. The summed E-state index contributed by atoms with van der Waals surface area (Å²) in [5.41, 5.74) is -0.411. The second kappa shape index (κ2) is 6.11. The van der Waals surface area contributed by atoms with Crippen LogP contribution in [-0.4, -0.2) is 39.7 Å². The van der Waals surface area contributed by atoms with Gasteiger partial charge in [0.05, 0.1) is 16.6 Å². The van der Waals surface area contributed by atoms with Crippen LogP contribution < -0.4 is 4.90 Å². The number of halogens is 1. The van der Waals surface area contributed by atoms with E-state index in [9.17, 15) is 10.1 Å². The molecule has 21 heavy (non-hydrogen) atoms. The third kappa shape index (κ3) is 4.01. The highest BCUT2D eigenvalue weighted by Crippen LogP contribution is 2.33. The zero-order valence-electron chi connectivity index (χ0n) is 12.4. The second-order valence-corrected chi connectivity index (χ2v) is 6.37. The van der Waals surface area contributed by atoms with Crippen LogP contribution in [0.5, 0.6) is 0 Å². The molecule has 0 amide bonds. The average molecular weight is 315 g/mol. The van der Waals surface area contributed by atoms with Crippen LogP contribution in [0.1, 0.15) is 33.6 Å². The van der Waals surface area contributed by atoms with Crippen LogP contribution >= 0.6 is 11.6 Å². The summed E-state index contributed by atoms with van der Waals surface area (Å²) in [4.78, 5) is 20.2. The van der Waals surface area contributed by atoms with Gasteiger partial charge in [0.1, 0.15) is 6.33 Å². The summed E-state index contributed by atoms with van der Waals surface area (Å²) in [6.07, 6.45) is 3.02. The van der Waals surface area contributed by atoms with Crippen LogP contribution in [0.25, 0.3) is 0 Å². The number of anilines is 1. The summed E-state index contributed by atoms with van der Waals surface area (Å²) >= 11 is 5.82. The van der Waals surface area contributed by atoms with Gasteiger partial charge in [0.2, 0.25) is 11.0 Å². The molecule has 116 valence electrons. The van der Waals surface area contributed by atoms with Gasteiger partial charge in [-0.25, -0.2) is 9.97 Å². The fourth-order valence-electron chi connectivity index (χ4n) is 2.42. The normalized spacial score (nSPS) is 17.0. The average Bonchev–Trinajstić information content (AvgIpc) is 2.37. The molecule has 1 aromatic rings. The lowest BCUT2D eigenvalue weighted by Gasteiger charge is -2.35. The molecular weight excluding hydrogens is 296 g/mol. The highest BCUT2D eigenvalue weighted by atomic mass is 35.5. The quantitative estimate of drug-likeness (QED) is 0.485. The maximum Gasteiger partial charge on any atom is 0.348 e. The van der Waals surface area contributed by atoms with E-state index >= 15 is 0 Å². The molecule has 0 atom stereocenters. The number of hydrogen-bond donors (Lipinski definition) is 0. The van der Waals surface area contributed by atoms with Gasteiger partial charge in [-0.1, -0.05) is 11.6 Å². The van der Waals surface area contributed by atoms with Gasteiger partial charge >= 0.3 is 5.69 Å². The van der Waals surface area contributed by atoms with Gasteiger partial charge in [-0.3, -0.25) is 10.1 Å². The molecule has 2 heterocycles. The minimum atomic E-state index is -0.532. The highest BCUT2D eigenvalue weighted by Gasteiger charge is 2.30. The predicted octanol–water partition coefficient (Wildman–Crippen LogP) is 2.82. The van der Waals surface area contributed by atoms with E-state index in [2.05, 4.69) is 9.97 Å². The van der Waals surface area contributed by atoms with Gasteiger partial charge in [0, 0.05) is 13.1 Å². The molecule has 0 bridgehead atoms. The van der Waals surface area contributed by atoms with E-state index < -0.39 is 4.92 Å². The van der Waals surface area contributed by atoms with E-state index in [-0.39, 0.29) is 28.4 Å². The van der Waals surface area contributed by atoms with Crippen molar-refractivity contribution in [2.24, 2.45) is 0 Å². The smallest absolute Gasteiger partial charge is 0.348 e. The number of ether oxygens (including phenoxy) is 1. The minimum Gasteiger partial charge on any atom is -0.372 e. The Morgan fingerprint density at radius 2 is 2.00 bits per heavy atom. The number of hydrogen-bond acceptors (Lipinski definition) is 6. The highest BCUT2D eigenvalue weighted by molar-refractivity contribution is 6.31. The lowest BCUT2D eigenvalue weighted by atomic mass is 10.1. The summed E-state index contributed by atoms with van der Waals surface area (Å²) in [6, 6.07) is 0. The van der Waals surface area contributed by atoms with Crippen molar-refractivity contribution >= 4 is 23.1 Å². The first-order valence-electron chi connectivity index (χ1n) is 6.85. The van der Waals surface area contributed by atoms with E-state index in [0.29, 0.717) is 13.1 Å². The molecule has 2 rings (SSSR count). The molecule has 1 aliphatic rings. The number of nitro groups is 1. The van der Waals surface area contributed by atoms with E-state index in [1.54, 1.807) is 0 Å². The van der Waals surface area contributed by atoms with Crippen molar-refractivity contribution in [3.05, 3.63) is 21.6 Å². The molecule has 1 aliphatic heterocycles. The maximum absolute atomic E-state index is 11.1. The number of nitrogens with zero attached hydrogens (tertiary/aromatic N) is 4. The van der Waals surface area contributed by atoms with Crippen LogP contribution in [0.15, 0.2) is 6.33 Å². The largest absolute Gasteiger partial charge is 0.372 e. The van der Waals surface area contributed by atoms with Crippen LogP contribution in [0.4, 0.5) is 11.5 Å². The molecular formula is C13H19ClN4O3. The van der Waals surface area contributed by atoms with Gasteiger partial charge in [0.25, 0.3) is 0 Å². The van der Waals surface area contributed by atoms with Gasteiger partial charge in [-0.05, 0) is 33.6 Å². The van der Waals surface area contributed by atoms with Gasteiger partial charge in [-0.15, -0.1) is 0 Å². The molecule has 0 N–H and O–H groups in total. The lowest BCUT2D eigenvalue weighted by molar-refractivity contribution is -0.384. The minimum absolute atomic E-state index is 0.127. The number of rotatable bonds is 3. The van der Waals surface area contributed by atoms with Crippen LogP contribution in [0.3, 0.4) is 0 Å². The Hall–Kier alpha value is -1.47. The standard InChI is InChI=1S/C13H19ClN4O3/c1-13(2,3)21-9-4-6-17(7-5-9)12-10(18(19)20)11(14)15-8-16-12/h8-9H,4-7H2,1-3H3. The Morgan fingerprint density at radius 1 is 1.38 bits per heavy atom. The first-order valence-corrected chi connectivity index (χ1v) is 7.23. The van der Waals surface area contributed by atoms with Crippen molar-refractivity contribution in [3.63, 3.8) is 0 Å². The monoisotopic (exact) mass is 314 g/mol. The van der Waals surface area contributed by atoms with E-state index in [1.165, 1.54) is 6.33 Å². The molecule has 0 unspecified atom stereocenters. The van der Waals surface area contributed by atoms with E-state index in [0.717, 1.165) is 12.8 Å². The van der Waals surface area contributed by atoms with Gasteiger partial charge < -0.3 is 9.64 Å². The lowest BCUT2D eigenvalue weighted by Crippen LogP contribution is -2.40. The first-order chi connectivity index (χ1) is 9.78. The summed E-state index contributed by atoms with van der Waals surface area (Å²) in [7, 11) is 0. The molecule has 1 aromatic heterocycles. The van der Waals surface area contributed by atoms with Crippen molar-refractivity contribution in [2.75, 3.05) is 18.0 Å². The Labute approximate surface area is 128 Å². The van der Waals surface area contributed by atoms with E-state index in [4.69, 9.17) is 16.3 Å². The van der Waals surface area contributed by atoms with Crippen LogP contribution in [0, 0.1) is 10.1 Å². The molecule has 0 saturated carbocycles. The molecule has 7 nitrogen and oxygen atoms in total. The van der Waals surface area contributed by atoms with Crippen LogP contribution in [-0.2, 0) is 4.74 Å². The van der Waals surface area contributed by atoms with Crippen molar-refractivity contribution in [2.45, 2.75) is 45.3 Å². The Morgan fingerprint density at radius 3 is 2.52 bits per heavy atom. The SMILES string of the molecule is CC(C)(C)OC1CCN(c2ncnc(Cl)c2[N+](=O)[O-])CC1. The zero-order valence-corrected chi connectivity index (χ0v) is 13.1. The maximum atomic E-state index is 11.1. The molecule has 0 aliphatic carbocycles. The van der Waals surface area contributed by atoms with Crippen molar-refractivity contribution in [1.29, 1.82) is 0 Å². The third-order valence-corrected chi connectivity index (χ3v) is 3.48. The van der Waals surface area contributed by atoms with Crippen molar-refractivity contribution in [1.82, 2.24) is 9.97 Å². The summed E-state index contributed by atoms with van der Waals surface area (Å²) in [5, 5.41) is 11.0. The molecule has 0 radical (unpaired) electrons. The van der Waals surface area contributed by atoms with Gasteiger partial charge in [-0.2, -0.15) is 0 Å². The summed E-state index contributed by atoms with van der Waals surface area (Å²) in [6.45, 7) is 7.36. The second-order valence-electron chi connectivity index (χ2n) is 6.01.